The first-order valence-corrected chi connectivity index (χ1v) is 14.1. The van der Waals surface area contributed by atoms with Crippen LogP contribution in [0.1, 0.15) is 78.2 Å². The van der Waals surface area contributed by atoms with E-state index in [-0.39, 0.29) is 36.4 Å². The lowest BCUT2D eigenvalue weighted by Crippen LogP contribution is -2.62. The maximum Gasteiger partial charge on any atom is 0.318 e. The quantitative estimate of drug-likeness (QED) is 0.221. The van der Waals surface area contributed by atoms with Crippen molar-refractivity contribution >= 4 is 23.5 Å². The van der Waals surface area contributed by atoms with Gasteiger partial charge in [0.2, 0.25) is 5.91 Å². The minimum atomic E-state index is -0.706. The molecule has 0 aromatic heterocycles. The van der Waals surface area contributed by atoms with Crippen LogP contribution in [-0.2, 0) is 25.8 Å². The number of carbonyl (C=O) groups excluding carboxylic acids is 4. The number of hydrogen-bond acceptors (Lipinski definition) is 6. The number of urea groups is 1. The molecule has 1 aromatic carbocycles. The highest BCUT2D eigenvalue weighted by molar-refractivity contribution is 5.94. The number of nitrogens with one attached hydrogen (secondary N) is 3. The van der Waals surface area contributed by atoms with Crippen molar-refractivity contribution in [3.63, 3.8) is 0 Å². The SMILES string of the molecule is CCCCC[C@H](CC(=O)NOCc1ccccc1)C(=O)[C@@H]1CNCCN1C(=O)N[C@H](C(=O)CC)[C@@H](C)CC. The molecule has 1 aromatic rings. The summed E-state index contributed by atoms with van der Waals surface area (Å²) < 4.78 is 0. The maximum absolute atomic E-state index is 13.8. The molecular formula is C29H46N4O5. The number of rotatable bonds is 16. The molecule has 2 rings (SSSR count). The van der Waals surface area contributed by atoms with Crippen molar-refractivity contribution in [3.05, 3.63) is 35.9 Å². The lowest BCUT2D eigenvalue weighted by Gasteiger charge is -2.38. The van der Waals surface area contributed by atoms with Gasteiger partial charge in [-0.1, -0.05) is 83.7 Å². The fourth-order valence-electron chi connectivity index (χ4n) is 4.71. The van der Waals surface area contributed by atoms with Crippen LogP contribution < -0.4 is 16.1 Å². The number of unbranched alkanes of at least 4 members (excludes halogenated alkanes) is 2. The summed E-state index contributed by atoms with van der Waals surface area (Å²) in [5.41, 5.74) is 3.40. The molecule has 212 valence electrons. The fourth-order valence-corrected chi connectivity index (χ4v) is 4.71. The lowest BCUT2D eigenvalue weighted by molar-refractivity contribution is -0.139. The van der Waals surface area contributed by atoms with Gasteiger partial charge in [-0.3, -0.25) is 19.2 Å². The molecule has 0 unspecified atom stereocenters. The highest BCUT2D eigenvalue weighted by Crippen LogP contribution is 2.21. The number of hydroxylamine groups is 1. The largest absolute Gasteiger partial charge is 0.328 e. The number of carbonyl (C=O) groups is 4. The van der Waals surface area contributed by atoms with E-state index in [0.717, 1.165) is 31.2 Å². The summed E-state index contributed by atoms with van der Waals surface area (Å²) in [7, 11) is 0. The topological polar surface area (TPSA) is 117 Å². The second kappa shape index (κ2) is 16.9. The van der Waals surface area contributed by atoms with Crippen LogP contribution in [0.4, 0.5) is 4.79 Å². The molecule has 0 bridgehead atoms. The van der Waals surface area contributed by atoms with Gasteiger partial charge in [-0.25, -0.2) is 10.3 Å². The third kappa shape index (κ3) is 9.83. The maximum atomic E-state index is 13.8. The van der Waals surface area contributed by atoms with Crippen LogP contribution in [0.15, 0.2) is 30.3 Å². The first-order valence-electron chi connectivity index (χ1n) is 14.1. The molecular weight excluding hydrogens is 484 g/mol. The van der Waals surface area contributed by atoms with E-state index in [9.17, 15) is 19.2 Å². The third-order valence-electron chi connectivity index (χ3n) is 7.28. The average Bonchev–Trinajstić information content (AvgIpc) is 2.94. The van der Waals surface area contributed by atoms with E-state index < -0.39 is 24.0 Å². The number of Topliss-reactive ketones (excluding diaryl/α,β-unsaturated/α-hetero) is 2. The smallest absolute Gasteiger partial charge is 0.318 e. The summed E-state index contributed by atoms with van der Waals surface area (Å²) in [6, 6.07) is 7.81. The molecule has 0 spiro atoms. The first-order chi connectivity index (χ1) is 18.3. The van der Waals surface area contributed by atoms with Crippen molar-refractivity contribution in [1.29, 1.82) is 0 Å². The number of ketones is 2. The Kier molecular flexibility index (Phi) is 14.0. The van der Waals surface area contributed by atoms with Gasteiger partial charge in [0.05, 0.1) is 12.6 Å². The van der Waals surface area contributed by atoms with Crippen LogP contribution in [0.25, 0.3) is 0 Å². The summed E-state index contributed by atoms with van der Waals surface area (Å²) in [5, 5.41) is 6.12. The van der Waals surface area contributed by atoms with E-state index in [1.54, 1.807) is 6.92 Å². The van der Waals surface area contributed by atoms with Gasteiger partial charge in [-0.2, -0.15) is 0 Å². The Balaban J connectivity index is 2.08. The van der Waals surface area contributed by atoms with Crippen molar-refractivity contribution in [2.75, 3.05) is 19.6 Å². The molecule has 0 saturated carbocycles. The van der Waals surface area contributed by atoms with Gasteiger partial charge in [0.15, 0.2) is 11.6 Å². The van der Waals surface area contributed by atoms with Crippen LogP contribution >= 0.6 is 0 Å². The van der Waals surface area contributed by atoms with E-state index >= 15 is 0 Å². The Morgan fingerprint density at radius 3 is 2.50 bits per heavy atom. The van der Waals surface area contributed by atoms with Gasteiger partial charge in [-0.15, -0.1) is 0 Å². The molecule has 4 atom stereocenters. The van der Waals surface area contributed by atoms with Gasteiger partial charge in [0, 0.05) is 38.4 Å². The number of nitrogens with zero attached hydrogens (tertiary/aromatic N) is 1. The van der Waals surface area contributed by atoms with Crippen LogP contribution in [0, 0.1) is 11.8 Å². The minimum Gasteiger partial charge on any atom is -0.328 e. The number of amides is 3. The predicted molar refractivity (Wildman–Crippen MR) is 147 cm³/mol. The molecule has 1 aliphatic rings. The van der Waals surface area contributed by atoms with Gasteiger partial charge in [0.25, 0.3) is 0 Å². The van der Waals surface area contributed by atoms with Crippen molar-refractivity contribution in [3.8, 4) is 0 Å². The van der Waals surface area contributed by atoms with Gasteiger partial charge < -0.3 is 15.5 Å². The molecule has 3 amide bonds. The lowest BCUT2D eigenvalue weighted by atomic mass is 9.88. The Morgan fingerprint density at radius 1 is 1.11 bits per heavy atom. The molecule has 1 fully saturated rings. The summed E-state index contributed by atoms with van der Waals surface area (Å²) >= 11 is 0. The van der Waals surface area contributed by atoms with E-state index in [2.05, 4.69) is 23.0 Å². The number of hydrogen-bond donors (Lipinski definition) is 3. The zero-order valence-electron chi connectivity index (χ0n) is 23.5. The molecule has 38 heavy (non-hydrogen) atoms. The first kappa shape index (κ1) is 31.4. The highest BCUT2D eigenvalue weighted by atomic mass is 16.6. The predicted octanol–water partition coefficient (Wildman–Crippen LogP) is 3.77. The molecule has 0 aliphatic carbocycles. The zero-order valence-corrected chi connectivity index (χ0v) is 23.5. The standard InChI is InChI=1S/C29H46N4O5/c1-5-8-10-15-23(18-26(35)32-38-20-22-13-11-9-12-14-22)28(36)24-19-30-16-17-33(24)29(37)31-27(21(4)6-2)25(34)7-3/h9,11-14,21,23-24,27,30H,5-8,10,15-20H2,1-4H3,(H,31,37)(H,32,35)/t21-,23+,24-,27-/m0/s1. The third-order valence-corrected chi connectivity index (χ3v) is 7.28. The van der Waals surface area contributed by atoms with Crippen molar-refractivity contribution in [2.24, 2.45) is 11.8 Å². The molecule has 1 aliphatic heterocycles. The van der Waals surface area contributed by atoms with E-state index in [1.165, 1.54) is 4.90 Å². The van der Waals surface area contributed by atoms with Gasteiger partial charge in [0.1, 0.15) is 6.04 Å². The summed E-state index contributed by atoms with van der Waals surface area (Å²) in [6.45, 7) is 9.26. The highest BCUT2D eigenvalue weighted by Gasteiger charge is 2.38. The monoisotopic (exact) mass is 530 g/mol. The van der Waals surface area contributed by atoms with E-state index in [0.29, 0.717) is 32.5 Å². The van der Waals surface area contributed by atoms with Gasteiger partial charge >= 0.3 is 6.03 Å². The van der Waals surface area contributed by atoms with E-state index in [1.807, 2.05) is 44.2 Å². The van der Waals surface area contributed by atoms with Crippen LogP contribution in [0.2, 0.25) is 0 Å². The molecule has 9 heteroatoms. The van der Waals surface area contributed by atoms with Crippen LogP contribution in [-0.4, -0.2) is 60.1 Å². The molecule has 1 saturated heterocycles. The average molecular weight is 531 g/mol. The Hall–Kier alpha value is -2.78. The zero-order chi connectivity index (χ0) is 27.9. The Morgan fingerprint density at radius 2 is 1.84 bits per heavy atom. The van der Waals surface area contributed by atoms with Crippen LogP contribution in [0.5, 0.6) is 0 Å². The molecule has 3 N–H and O–H groups in total. The Labute approximate surface area is 227 Å². The minimum absolute atomic E-state index is 0.00683. The molecule has 9 nitrogen and oxygen atoms in total. The summed E-state index contributed by atoms with van der Waals surface area (Å²) in [6.07, 6.45) is 4.41. The summed E-state index contributed by atoms with van der Waals surface area (Å²) in [5.74, 6) is -1.06. The van der Waals surface area contributed by atoms with Crippen molar-refractivity contribution in [1.82, 2.24) is 21.0 Å². The molecule has 0 radical (unpaired) electrons. The molecule has 1 heterocycles. The van der Waals surface area contributed by atoms with Gasteiger partial charge in [-0.05, 0) is 17.9 Å². The van der Waals surface area contributed by atoms with Crippen molar-refractivity contribution in [2.45, 2.75) is 91.3 Å². The fraction of sp³-hybridized carbons (Fsp3) is 0.655. The normalized spacial score (nSPS) is 17.8. The second-order valence-electron chi connectivity index (χ2n) is 10.1. The van der Waals surface area contributed by atoms with E-state index in [4.69, 9.17) is 4.84 Å². The number of piperazine rings is 1. The van der Waals surface area contributed by atoms with Crippen molar-refractivity contribution < 1.29 is 24.0 Å². The Bertz CT molecular complexity index is 894. The van der Waals surface area contributed by atoms with Crippen LogP contribution in [0.3, 0.4) is 0 Å². The summed E-state index contributed by atoms with van der Waals surface area (Å²) in [4.78, 5) is 59.2. The second-order valence-corrected chi connectivity index (χ2v) is 10.1. The number of benzene rings is 1.